The van der Waals surface area contributed by atoms with Gasteiger partial charge in [-0.05, 0) is 61.8 Å². The summed E-state index contributed by atoms with van der Waals surface area (Å²) in [7, 11) is 0. The molecule has 1 fully saturated rings. The van der Waals surface area contributed by atoms with Crippen LogP contribution in [0.25, 0.3) is 0 Å². The van der Waals surface area contributed by atoms with Crippen LogP contribution in [0, 0.1) is 17.0 Å². The maximum absolute atomic E-state index is 13.7. The van der Waals surface area contributed by atoms with E-state index < -0.39 is 29.3 Å². The van der Waals surface area contributed by atoms with Crippen LogP contribution in [0.4, 0.5) is 8.78 Å². The quantitative estimate of drug-likeness (QED) is 0.504. The van der Waals surface area contributed by atoms with E-state index in [9.17, 15) is 19.0 Å². The summed E-state index contributed by atoms with van der Waals surface area (Å²) in [6.07, 6.45) is 6.31. The van der Waals surface area contributed by atoms with E-state index in [1.165, 1.54) is 12.1 Å². The first-order valence-electron chi connectivity index (χ1n) is 11.1. The molecule has 0 aliphatic carbocycles. The van der Waals surface area contributed by atoms with Crippen molar-refractivity contribution < 1.29 is 19.0 Å². The van der Waals surface area contributed by atoms with Gasteiger partial charge in [-0.15, -0.1) is 0 Å². The second-order valence-electron chi connectivity index (χ2n) is 10.2. The molecule has 0 radical (unpaired) electrons. The lowest BCUT2D eigenvalue weighted by molar-refractivity contribution is -0.0408. The minimum Gasteiger partial charge on any atom is -0.391 e. The van der Waals surface area contributed by atoms with Crippen LogP contribution in [-0.4, -0.2) is 44.5 Å². The summed E-state index contributed by atoms with van der Waals surface area (Å²) < 4.78 is 27.4. The Hall–Kier alpha value is -1.83. The van der Waals surface area contributed by atoms with Crippen LogP contribution < -0.4 is 5.32 Å². The van der Waals surface area contributed by atoms with E-state index in [4.69, 9.17) is 0 Å². The summed E-state index contributed by atoms with van der Waals surface area (Å²) in [6.45, 7) is 7.17. The van der Waals surface area contributed by atoms with Gasteiger partial charge in [0.1, 0.15) is 17.5 Å². The number of hydrogen-bond acceptors (Lipinski definition) is 4. The van der Waals surface area contributed by atoms with Crippen LogP contribution in [0.2, 0.25) is 0 Å². The number of rotatable bonds is 8. The Labute approximate surface area is 183 Å². The zero-order chi connectivity index (χ0) is 22.6. The topological polar surface area (TPSA) is 81.2 Å². The number of aromatic amines is 1. The molecule has 3 rings (SSSR count). The fourth-order valence-electron chi connectivity index (χ4n) is 4.61. The second kappa shape index (κ2) is 9.76. The molecule has 1 aliphatic rings. The molecule has 1 aliphatic heterocycles. The van der Waals surface area contributed by atoms with Crippen molar-refractivity contribution >= 4 is 0 Å². The third-order valence-corrected chi connectivity index (χ3v) is 6.24. The lowest BCUT2D eigenvalue weighted by Crippen LogP contribution is -2.54. The third kappa shape index (κ3) is 6.82. The highest BCUT2D eigenvalue weighted by molar-refractivity contribution is 5.21. The number of imidazole rings is 1. The zero-order valence-electron chi connectivity index (χ0n) is 18.7. The molecule has 172 valence electrons. The van der Waals surface area contributed by atoms with Gasteiger partial charge in [-0.3, -0.25) is 0 Å². The molecule has 4 atom stereocenters. The monoisotopic (exact) mass is 435 g/mol. The van der Waals surface area contributed by atoms with E-state index in [1.807, 2.05) is 0 Å². The summed E-state index contributed by atoms with van der Waals surface area (Å²) in [6, 6.07) is 3.05. The van der Waals surface area contributed by atoms with Gasteiger partial charge in [0.05, 0.1) is 11.7 Å². The SMILES string of the molecule is CC(C)(C)CCCC1(O)CCNC(C(O)C(Cc2cc(F)cc(F)c2)c2ncc[nH]2)C1. The lowest BCUT2D eigenvalue weighted by Gasteiger charge is -2.41. The predicted molar refractivity (Wildman–Crippen MR) is 117 cm³/mol. The first-order valence-corrected chi connectivity index (χ1v) is 11.1. The maximum Gasteiger partial charge on any atom is 0.126 e. The smallest absolute Gasteiger partial charge is 0.126 e. The first kappa shape index (κ1) is 23.8. The van der Waals surface area contributed by atoms with Crippen molar-refractivity contribution in [2.75, 3.05) is 6.54 Å². The average Bonchev–Trinajstić information content (AvgIpc) is 3.18. The van der Waals surface area contributed by atoms with Gasteiger partial charge in [-0.1, -0.05) is 27.2 Å². The normalized spacial score (nSPS) is 24.2. The van der Waals surface area contributed by atoms with Gasteiger partial charge in [0, 0.05) is 30.4 Å². The molecule has 2 aromatic rings. The largest absolute Gasteiger partial charge is 0.391 e. The van der Waals surface area contributed by atoms with E-state index in [2.05, 4.69) is 36.1 Å². The minimum atomic E-state index is -0.882. The van der Waals surface area contributed by atoms with Crippen LogP contribution in [0.1, 0.15) is 70.2 Å². The van der Waals surface area contributed by atoms with E-state index in [-0.39, 0.29) is 17.9 Å². The van der Waals surface area contributed by atoms with Gasteiger partial charge in [0.15, 0.2) is 0 Å². The van der Waals surface area contributed by atoms with Crippen molar-refractivity contribution in [1.82, 2.24) is 15.3 Å². The average molecular weight is 436 g/mol. The second-order valence-corrected chi connectivity index (χ2v) is 10.2. The fraction of sp³-hybridized carbons (Fsp3) is 0.625. The molecule has 7 heteroatoms. The molecule has 0 saturated carbocycles. The van der Waals surface area contributed by atoms with E-state index in [0.29, 0.717) is 37.2 Å². The molecule has 4 unspecified atom stereocenters. The number of aromatic nitrogens is 2. The Morgan fingerprint density at radius 3 is 2.55 bits per heavy atom. The van der Waals surface area contributed by atoms with Gasteiger partial charge >= 0.3 is 0 Å². The molecule has 1 aromatic heterocycles. The predicted octanol–water partition coefficient (Wildman–Crippen LogP) is 4.07. The number of hydrogen-bond donors (Lipinski definition) is 4. The summed E-state index contributed by atoms with van der Waals surface area (Å²) in [4.78, 5) is 7.32. The number of aliphatic hydroxyl groups is 2. The van der Waals surface area contributed by atoms with Gasteiger partial charge in [-0.25, -0.2) is 13.8 Å². The van der Waals surface area contributed by atoms with Crippen molar-refractivity contribution in [2.45, 2.75) is 83.0 Å². The number of aliphatic hydroxyl groups excluding tert-OH is 1. The summed E-state index contributed by atoms with van der Waals surface area (Å²) >= 11 is 0. The number of H-pyrrole nitrogens is 1. The Balaban J connectivity index is 1.73. The summed E-state index contributed by atoms with van der Waals surface area (Å²) in [5, 5.41) is 25.8. The number of nitrogens with zero attached hydrogens (tertiary/aromatic N) is 1. The Bertz CT molecular complexity index is 818. The Morgan fingerprint density at radius 1 is 1.23 bits per heavy atom. The zero-order valence-corrected chi connectivity index (χ0v) is 18.7. The molecule has 4 N–H and O–H groups in total. The van der Waals surface area contributed by atoms with Crippen LogP contribution >= 0.6 is 0 Å². The highest BCUT2D eigenvalue weighted by Gasteiger charge is 2.40. The molecule has 0 spiro atoms. The van der Waals surface area contributed by atoms with E-state index >= 15 is 0 Å². The van der Waals surface area contributed by atoms with Gasteiger partial charge < -0.3 is 20.5 Å². The minimum absolute atomic E-state index is 0.215. The number of halogens is 2. The van der Waals surface area contributed by atoms with Crippen molar-refractivity contribution in [3.63, 3.8) is 0 Å². The first-order chi connectivity index (χ1) is 14.5. The Morgan fingerprint density at radius 2 is 1.94 bits per heavy atom. The van der Waals surface area contributed by atoms with E-state index in [1.54, 1.807) is 12.4 Å². The van der Waals surface area contributed by atoms with Crippen molar-refractivity contribution in [3.8, 4) is 0 Å². The molecule has 1 saturated heterocycles. The maximum atomic E-state index is 13.7. The van der Waals surface area contributed by atoms with Crippen LogP contribution in [-0.2, 0) is 6.42 Å². The fourth-order valence-corrected chi connectivity index (χ4v) is 4.61. The number of benzene rings is 1. The van der Waals surface area contributed by atoms with E-state index in [0.717, 1.165) is 18.9 Å². The number of nitrogens with one attached hydrogen (secondary N) is 2. The van der Waals surface area contributed by atoms with Gasteiger partial charge in [0.2, 0.25) is 0 Å². The molecule has 0 bridgehead atoms. The van der Waals surface area contributed by atoms with Gasteiger partial charge in [-0.2, -0.15) is 0 Å². The molecule has 5 nitrogen and oxygen atoms in total. The standard InChI is InChI=1S/C24H35F2N3O2/c1-23(2,3)5-4-6-24(31)7-8-27-20(15-24)21(30)19(22-28-9-10-29-22)13-16-11-17(25)14-18(26)12-16/h9-12,14,19-21,27,30-31H,4-8,13,15H2,1-3H3,(H,28,29). The lowest BCUT2D eigenvalue weighted by atomic mass is 9.77. The molecule has 1 aromatic carbocycles. The Kier molecular flexibility index (Phi) is 7.50. The molecule has 31 heavy (non-hydrogen) atoms. The van der Waals surface area contributed by atoms with Gasteiger partial charge in [0.25, 0.3) is 0 Å². The summed E-state index contributed by atoms with van der Waals surface area (Å²) in [5.74, 6) is -1.23. The van der Waals surface area contributed by atoms with Crippen LogP contribution in [0.3, 0.4) is 0 Å². The molecule has 0 amide bonds. The third-order valence-electron chi connectivity index (χ3n) is 6.24. The molecular formula is C24H35F2N3O2. The highest BCUT2D eigenvalue weighted by Crippen LogP contribution is 2.34. The van der Waals surface area contributed by atoms with Crippen LogP contribution in [0.5, 0.6) is 0 Å². The molecular weight excluding hydrogens is 400 g/mol. The van der Waals surface area contributed by atoms with Crippen molar-refractivity contribution in [3.05, 3.63) is 53.6 Å². The highest BCUT2D eigenvalue weighted by atomic mass is 19.1. The summed E-state index contributed by atoms with van der Waals surface area (Å²) in [5.41, 5.74) is -0.164. The van der Waals surface area contributed by atoms with Crippen LogP contribution in [0.15, 0.2) is 30.6 Å². The molecule has 2 heterocycles. The number of piperidine rings is 1. The van der Waals surface area contributed by atoms with Crippen molar-refractivity contribution in [2.24, 2.45) is 5.41 Å². The van der Waals surface area contributed by atoms with Crippen molar-refractivity contribution in [1.29, 1.82) is 0 Å².